The van der Waals surface area contributed by atoms with Crippen LogP contribution in [-0.2, 0) is 4.79 Å². The number of carbonyl (C=O) groups is 1. The Labute approximate surface area is 112 Å². The summed E-state index contributed by atoms with van der Waals surface area (Å²) in [6.07, 6.45) is 1.66. The minimum absolute atomic E-state index is 0.115. The SMILES string of the molecule is CC1(O)CCCN(C(=O)CSc2ccccc2)C1. The molecule has 1 aliphatic heterocycles. The smallest absolute Gasteiger partial charge is 0.233 e. The molecule has 4 heteroatoms. The molecule has 0 spiro atoms. The molecule has 0 aliphatic carbocycles. The Bertz CT molecular complexity index is 406. The fourth-order valence-electron chi connectivity index (χ4n) is 2.19. The molecule has 1 N–H and O–H groups in total. The third-order valence-electron chi connectivity index (χ3n) is 3.13. The van der Waals surface area contributed by atoms with Gasteiger partial charge >= 0.3 is 0 Å². The van der Waals surface area contributed by atoms with Gasteiger partial charge in [0, 0.05) is 18.0 Å². The van der Waals surface area contributed by atoms with Gasteiger partial charge in [0.25, 0.3) is 0 Å². The van der Waals surface area contributed by atoms with E-state index in [1.807, 2.05) is 30.3 Å². The standard InChI is InChI=1S/C14H19NO2S/c1-14(17)8-5-9-15(11-14)13(16)10-18-12-6-3-2-4-7-12/h2-4,6-7,17H,5,8-11H2,1H3. The molecule has 0 aromatic heterocycles. The predicted molar refractivity (Wildman–Crippen MR) is 73.6 cm³/mol. The van der Waals surface area contributed by atoms with Crippen molar-refractivity contribution < 1.29 is 9.90 Å². The van der Waals surface area contributed by atoms with E-state index in [9.17, 15) is 9.90 Å². The van der Waals surface area contributed by atoms with Crippen molar-refractivity contribution in [3.8, 4) is 0 Å². The molecule has 1 heterocycles. The molecule has 1 atom stereocenters. The number of hydrogen-bond acceptors (Lipinski definition) is 3. The molecule has 0 bridgehead atoms. The number of piperidine rings is 1. The molecule has 3 nitrogen and oxygen atoms in total. The second kappa shape index (κ2) is 5.76. The second-order valence-corrected chi connectivity index (χ2v) is 6.07. The highest BCUT2D eigenvalue weighted by Crippen LogP contribution is 2.22. The molecule has 0 radical (unpaired) electrons. The number of aliphatic hydroxyl groups is 1. The van der Waals surface area contributed by atoms with Crippen LogP contribution in [-0.4, -0.2) is 40.4 Å². The Morgan fingerprint density at radius 3 is 2.83 bits per heavy atom. The Hall–Kier alpha value is -1.00. The quantitative estimate of drug-likeness (QED) is 0.851. The summed E-state index contributed by atoms with van der Waals surface area (Å²) in [5.41, 5.74) is -0.717. The zero-order valence-corrected chi connectivity index (χ0v) is 11.4. The lowest BCUT2D eigenvalue weighted by atomic mass is 9.95. The maximum atomic E-state index is 12.1. The number of rotatable bonds is 3. The molecule has 98 valence electrons. The number of nitrogens with zero attached hydrogens (tertiary/aromatic N) is 1. The van der Waals surface area contributed by atoms with E-state index in [0.717, 1.165) is 24.3 Å². The van der Waals surface area contributed by atoms with Crippen LogP contribution in [0.2, 0.25) is 0 Å². The average Bonchev–Trinajstić information content (AvgIpc) is 2.36. The number of hydrogen-bond donors (Lipinski definition) is 1. The minimum Gasteiger partial charge on any atom is -0.388 e. The van der Waals surface area contributed by atoms with Crippen molar-refractivity contribution in [2.24, 2.45) is 0 Å². The first-order valence-corrected chi connectivity index (χ1v) is 7.23. The first kappa shape index (κ1) is 13.4. The Morgan fingerprint density at radius 2 is 2.17 bits per heavy atom. The summed E-state index contributed by atoms with van der Waals surface area (Å²) < 4.78 is 0. The number of benzene rings is 1. The lowest BCUT2D eigenvalue weighted by molar-refractivity contribution is -0.134. The van der Waals surface area contributed by atoms with Gasteiger partial charge in [-0.1, -0.05) is 18.2 Å². The van der Waals surface area contributed by atoms with Crippen molar-refractivity contribution in [2.45, 2.75) is 30.3 Å². The number of carbonyl (C=O) groups excluding carboxylic acids is 1. The Balaban J connectivity index is 1.85. The predicted octanol–water partition coefficient (Wildman–Crippen LogP) is 2.15. The molecule has 1 aromatic rings. The molecule has 1 fully saturated rings. The van der Waals surface area contributed by atoms with Gasteiger partial charge in [0.05, 0.1) is 11.4 Å². The molecular formula is C14H19NO2S. The number of likely N-dealkylation sites (tertiary alicyclic amines) is 1. The van der Waals surface area contributed by atoms with E-state index < -0.39 is 5.60 Å². The number of thioether (sulfide) groups is 1. The van der Waals surface area contributed by atoms with E-state index >= 15 is 0 Å². The van der Waals surface area contributed by atoms with Crippen molar-refractivity contribution in [2.75, 3.05) is 18.8 Å². The van der Waals surface area contributed by atoms with Crippen LogP contribution in [0, 0.1) is 0 Å². The zero-order chi connectivity index (χ0) is 13.0. The molecule has 1 saturated heterocycles. The van der Waals surface area contributed by atoms with Gasteiger partial charge in [-0.25, -0.2) is 0 Å². The van der Waals surface area contributed by atoms with Crippen molar-refractivity contribution in [1.29, 1.82) is 0 Å². The summed E-state index contributed by atoms with van der Waals surface area (Å²) in [7, 11) is 0. The van der Waals surface area contributed by atoms with Gasteiger partial charge in [-0.15, -0.1) is 11.8 Å². The summed E-state index contributed by atoms with van der Waals surface area (Å²) >= 11 is 1.55. The molecule has 1 amide bonds. The Morgan fingerprint density at radius 1 is 1.44 bits per heavy atom. The van der Waals surface area contributed by atoms with Crippen LogP contribution in [0.1, 0.15) is 19.8 Å². The molecule has 2 rings (SSSR count). The van der Waals surface area contributed by atoms with Crippen LogP contribution in [0.5, 0.6) is 0 Å². The lowest BCUT2D eigenvalue weighted by Gasteiger charge is -2.36. The van der Waals surface area contributed by atoms with E-state index in [2.05, 4.69) is 0 Å². The molecular weight excluding hydrogens is 246 g/mol. The average molecular weight is 265 g/mol. The van der Waals surface area contributed by atoms with Crippen molar-refractivity contribution in [3.63, 3.8) is 0 Å². The fourth-order valence-corrected chi connectivity index (χ4v) is 3.01. The Kier molecular flexibility index (Phi) is 4.30. The lowest BCUT2D eigenvalue weighted by Crippen LogP contribution is -2.49. The normalized spacial score (nSPS) is 24.0. The van der Waals surface area contributed by atoms with Gasteiger partial charge in [-0.2, -0.15) is 0 Å². The maximum Gasteiger partial charge on any atom is 0.233 e. The fraction of sp³-hybridized carbons (Fsp3) is 0.500. The van der Waals surface area contributed by atoms with Crippen LogP contribution in [0.4, 0.5) is 0 Å². The van der Waals surface area contributed by atoms with Gasteiger partial charge in [0.1, 0.15) is 0 Å². The van der Waals surface area contributed by atoms with Gasteiger partial charge in [-0.05, 0) is 31.9 Å². The van der Waals surface area contributed by atoms with Gasteiger partial charge < -0.3 is 10.0 Å². The first-order chi connectivity index (χ1) is 8.57. The number of amides is 1. The maximum absolute atomic E-state index is 12.1. The molecule has 18 heavy (non-hydrogen) atoms. The molecule has 0 saturated carbocycles. The van der Waals surface area contributed by atoms with Crippen molar-refractivity contribution in [3.05, 3.63) is 30.3 Å². The van der Waals surface area contributed by atoms with Crippen LogP contribution in [0.25, 0.3) is 0 Å². The van der Waals surface area contributed by atoms with Crippen LogP contribution in [0.15, 0.2) is 35.2 Å². The summed E-state index contributed by atoms with van der Waals surface area (Å²) in [6.45, 7) is 3.03. The molecule has 1 aromatic carbocycles. The van der Waals surface area contributed by atoms with Crippen LogP contribution >= 0.6 is 11.8 Å². The van der Waals surface area contributed by atoms with E-state index in [4.69, 9.17) is 0 Å². The topological polar surface area (TPSA) is 40.5 Å². The van der Waals surface area contributed by atoms with Crippen LogP contribution < -0.4 is 0 Å². The second-order valence-electron chi connectivity index (χ2n) is 5.02. The van der Waals surface area contributed by atoms with Crippen molar-refractivity contribution >= 4 is 17.7 Å². The van der Waals surface area contributed by atoms with E-state index in [1.54, 1.807) is 23.6 Å². The van der Waals surface area contributed by atoms with Crippen LogP contribution in [0.3, 0.4) is 0 Å². The summed E-state index contributed by atoms with van der Waals surface area (Å²) in [6, 6.07) is 9.92. The van der Waals surface area contributed by atoms with E-state index in [1.165, 1.54) is 0 Å². The first-order valence-electron chi connectivity index (χ1n) is 6.25. The largest absolute Gasteiger partial charge is 0.388 e. The number of β-amino-alcohol motifs (C(OH)–C–C–N with tert-alkyl or cyclic N) is 1. The summed E-state index contributed by atoms with van der Waals surface area (Å²) in [4.78, 5) is 14.9. The van der Waals surface area contributed by atoms with E-state index in [-0.39, 0.29) is 5.91 Å². The third kappa shape index (κ3) is 3.75. The van der Waals surface area contributed by atoms with Crippen molar-refractivity contribution in [1.82, 2.24) is 4.90 Å². The van der Waals surface area contributed by atoms with E-state index in [0.29, 0.717) is 12.3 Å². The molecule has 1 unspecified atom stereocenters. The summed E-state index contributed by atoms with van der Waals surface area (Å²) in [5, 5.41) is 9.98. The minimum atomic E-state index is -0.717. The zero-order valence-electron chi connectivity index (χ0n) is 10.6. The highest BCUT2D eigenvalue weighted by molar-refractivity contribution is 8.00. The highest BCUT2D eigenvalue weighted by Gasteiger charge is 2.30. The highest BCUT2D eigenvalue weighted by atomic mass is 32.2. The third-order valence-corrected chi connectivity index (χ3v) is 4.13. The monoisotopic (exact) mass is 265 g/mol. The van der Waals surface area contributed by atoms with Gasteiger partial charge in [0.15, 0.2) is 0 Å². The van der Waals surface area contributed by atoms with Gasteiger partial charge in [-0.3, -0.25) is 4.79 Å². The van der Waals surface area contributed by atoms with Gasteiger partial charge in [0.2, 0.25) is 5.91 Å². The summed E-state index contributed by atoms with van der Waals surface area (Å²) in [5.74, 6) is 0.559. The molecule has 1 aliphatic rings.